The first kappa shape index (κ1) is 34.4. The van der Waals surface area contributed by atoms with Gasteiger partial charge in [-0.05, 0) is 10.8 Å². The van der Waals surface area contributed by atoms with Gasteiger partial charge in [-0.1, -0.05) is 107 Å². The second-order valence-electron chi connectivity index (χ2n) is 12.4. The summed E-state index contributed by atoms with van der Waals surface area (Å²) in [4.78, 5) is 0. The molecule has 0 fully saturated rings. The standard InChI is InChI=1S/2C13H21.C2H7Si.2ClH.Ti/c2*1-12(2,3)10-7-8-11(9-10)13(4,5)6;1-3-2;;;/h2*7-9H,1-6H3;3H,1-2H3;2*1H;/q2*-1;;;;+2/p-2. The van der Waals surface area contributed by atoms with Crippen molar-refractivity contribution in [2.24, 2.45) is 0 Å². The van der Waals surface area contributed by atoms with E-state index in [-0.39, 0.29) is 21.7 Å². The molecule has 0 nitrogen and oxygen atoms in total. The number of halogens is 2. The van der Waals surface area contributed by atoms with E-state index in [1.807, 2.05) is 0 Å². The molecule has 0 heterocycles. The van der Waals surface area contributed by atoms with Gasteiger partial charge in [0.05, 0.1) is 0 Å². The average molecular weight is 533 g/mol. The summed E-state index contributed by atoms with van der Waals surface area (Å²) < 4.78 is 0. The van der Waals surface area contributed by atoms with Crippen molar-refractivity contribution < 1.29 is 17.0 Å². The molecule has 0 amide bonds. The van der Waals surface area contributed by atoms with Gasteiger partial charge in [0.25, 0.3) is 0 Å². The van der Waals surface area contributed by atoms with Crippen LogP contribution in [0.15, 0.2) is 36.4 Å². The molecule has 0 saturated heterocycles. The molecule has 0 N–H and O–H groups in total. The van der Waals surface area contributed by atoms with Crippen LogP contribution in [-0.4, -0.2) is 9.52 Å². The topological polar surface area (TPSA) is 0 Å². The molecule has 0 atom stereocenters. The third-order valence-electron chi connectivity index (χ3n) is 4.97. The van der Waals surface area contributed by atoms with Gasteiger partial charge in [-0.2, -0.15) is 46.5 Å². The van der Waals surface area contributed by atoms with Gasteiger partial charge in [-0.25, -0.2) is 12.1 Å². The van der Waals surface area contributed by atoms with Crippen molar-refractivity contribution in [1.82, 2.24) is 0 Å². The summed E-state index contributed by atoms with van der Waals surface area (Å²) in [5.41, 5.74) is 6.89. The van der Waals surface area contributed by atoms with E-state index in [0.717, 1.165) is 9.52 Å². The molecule has 2 aromatic rings. The fourth-order valence-corrected chi connectivity index (χ4v) is 2.75. The average Bonchev–Trinajstić information content (AvgIpc) is 3.25. The Morgan fingerprint density at radius 3 is 0.906 bits per heavy atom. The Balaban J connectivity index is 0. The van der Waals surface area contributed by atoms with Crippen LogP contribution in [0.4, 0.5) is 0 Å². The second kappa shape index (κ2) is 14.6. The van der Waals surface area contributed by atoms with Gasteiger partial charge >= 0.3 is 35.6 Å². The first-order valence-electron chi connectivity index (χ1n) is 11.5. The summed E-state index contributed by atoms with van der Waals surface area (Å²) in [6.45, 7) is 31.5. The predicted molar refractivity (Wildman–Crippen MR) is 149 cm³/mol. The summed E-state index contributed by atoms with van der Waals surface area (Å²) in [6.07, 6.45) is 0. The molecule has 2 rings (SSSR count). The zero-order valence-electron chi connectivity index (χ0n) is 23.3. The maximum absolute atomic E-state index is 4.89. The molecule has 0 unspecified atom stereocenters. The Labute approximate surface area is 220 Å². The number of hydrogen-bond acceptors (Lipinski definition) is 0. The van der Waals surface area contributed by atoms with Crippen molar-refractivity contribution in [2.75, 3.05) is 0 Å². The molecule has 0 spiro atoms. The van der Waals surface area contributed by atoms with Crippen LogP contribution in [0.2, 0.25) is 13.1 Å². The van der Waals surface area contributed by atoms with Crippen LogP contribution in [0.3, 0.4) is 0 Å². The Morgan fingerprint density at radius 2 is 0.812 bits per heavy atom. The molecule has 4 heteroatoms. The zero-order chi connectivity index (χ0) is 26.0. The molecular weight excluding hydrogens is 483 g/mol. The Hall–Kier alpha value is 0.211. The van der Waals surface area contributed by atoms with Crippen molar-refractivity contribution in [3.05, 3.63) is 58.7 Å². The summed E-state index contributed by atoms with van der Waals surface area (Å²) in [7, 11) is 10.5. The minimum absolute atomic E-state index is 0.281. The molecular formula is C28H49Cl2SiTi-2. The molecule has 0 saturated carbocycles. The molecule has 32 heavy (non-hydrogen) atoms. The zero-order valence-corrected chi connectivity index (χ0v) is 27.5. The number of rotatable bonds is 0. The van der Waals surface area contributed by atoms with E-state index in [2.05, 4.69) is 133 Å². The first-order valence-corrected chi connectivity index (χ1v) is 18.1. The van der Waals surface area contributed by atoms with E-state index in [4.69, 9.17) is 18.6 Å². The second-order valence-corrected chi connectivity index (χ2v) is 16.2. The molecule has 0 aliphatic heterocycles. The van der Waals surface area contributed by atoms with E-state index in [9.17, 15) is 0 Å². The van der Waals surface area contributed by atoms with Gasteiger partial charge in [0.2, 0.25) is 0 Å². The van der Waals surface area contributed by atoms with Crippen LogP contribution in [0, 0.1) is 0 Å². The third kappa shape index (κ3) is 14.5. The van der Waals surface area contributed by atoms with E-state index < -0.39 is 17.0 Å². The molecule has 0 aliphatic carbocycles. The van der Waals surface area contributed by atoms with Crippen LogP contribution in [-0.2, 0) is 38.7 Å². The van der Waals surface area contributed by atoms with E-state index in [1.54, 1.807) is 0 Å². The van der Waals surface area contributed by atoms with Gasteiger partial charge in [0.15, 0.2) is 0 Å². The first-order chi connectivity index (χ1) is 14.2. The van der Waals surface area contributed by atoms with Gasteiger partial charge < -0.3 is 0 Å². The Bertz CT molecular complexity index is 608. The fourth-order valence-electron chi connectivity index (χ4n) is 2.75. The quantitative estimate of drug-likeness (QED) is 0.234. The van der Waals surface area contributed by atoms with Crippen LogP contribution >= 0.6 is 18.6 Å². The van der Waals surface area contributed by atoms with Crippen molar-refractivity contribution in [1.29, 1.82) is 0 Å². The monoisotopic (exact) mass is 531 g/mol. The van der Waals surface area contributed by atoms with E-state index >= 15 is 0 Å². The maximum atomic E-state index is 4.89. The molecule has 0 bridgehead atoms. The van der Waals surface area contributed by atoms with Crippen molar-refractivity contribution in [3.8, 4) is 0 Å². The SMILES string of the molecule is CC(C)(C)c1c[cH-]c(C(C)(C)C)c1.CC(C)(C)c1c[cH-]c(C(C)(C)C)c1.C[SiH]C.[Cl][Ti][Cl]. The Morgan fingerprint density at radius 1 is 0.594 bits per heavy atom. The minimum atomic E-state index is -0.556. The normalized spacial score (nSPS) is 11.9. The van der Waals surface area contributed by atoms with Crippen LogP contribution in [0.5, 0.6) is 0 Å². The summed E-state index contributed by atoms with van der Waals surface area (Å²) in [5.74, 6) is 0. The van der Waals surface area contributed by atoms with Crippen LogP contribution in [0.25, 0.3) is 0 Å². The van der Waals surface area contributed by atoms with Gasteiger partial charge in [0, 0.05) is 9.52 Å². The number of hydrogen-bond donors (Lipinski definition) is 0. The van der Waals surface area contributed by atoms with E-state index in [0.29, 0.717) is 0 Å². The molecule has 185 valence electrons. The molecule has 1 radical (unpaired) electrons. The summed E-state index contributed by atoms with van der Waals surface area (Å²) >= 11 is -0.556. The molecule has 2 aromatic carbocycles. The Kier molecular flexibility index (Phi) is 15.7. The van der Waals surface area contributed by atoms with Gasteiger partial charge in [-0.15, -0.1) is 0 Å². The summed E-state index contributed by atoms with van der Waals surface area (Å²) in [6, 6.07) is 13.7. The fraction of sp³-hybridized carbons (Fsp3) is 0.643. The molecule has 0 aliphatic rings. The predicted octanol–water partition coefficient (Wildman–Crippen LogP) is 9.90. The van der Waals surface area contributed by atoms with E-state index in [1.165, 1.54) is 22.3 Å². The summed E-state index contributed by atoms with van der Waals surface area (Å²) in [5, 5.41) is 0. The molecule has 0 aromatic heterocycles. The third-order valence-corrected chi connectivity index (χ3v) is 4.97. The van der Waals surface area contributed by atoms with Crippen molar-refractivity contribution in [3.63, 3.8) is 0 Å². The van der Waals surface area contributed by atoms with Crippen molar-refractivity contribution >= 4 is 28.1 Å². The van der Waals surface area contributed by atoms with Crippen molar-refractivity contribution in [2.45, 2.75) is 118 Å². The van der Waals surface area contributed by atoms with Crippen LogP contribution < -0.4 is 0 Å². The van der Waals surface area contributed by atoms with Crippen LogP contribution in [0.1, 0.15) is 105 Å². The van der Waals surface area contributed by atoms with Gasteiger partial charge in [0.1, 0.15) is 0 Å². The van der Waals surface area contributed by atoms with Gasteiger partial charge in [-0.3, -0.25) is 0 Å².